The van der Waals surface area contributed by atoms with Gasteiger partial charge < -0.3 is 4.52 Å². The lowest BCUT2D eigenvalue weighted by Crippen LogP contribution is -2.15. The van der Waals surface area contributed by atoms with Crippen molar-refractivity contribution in [3.05, 3.63) is 18.0 Å². The van der Waals surface area contributed by atoms with Crippen molar-refractivity contribution in [3.63, 3.8) is 0 Å². The average molecular weight is 138 g/mol. The SMILES string of the molecule is CCC(C)(C)c1c[c]on1. The van der Waals surface area contributed by atoms with E-state index in [9.17, 15) is 0 Å². The average Bonchev–Trinajstić information content (AvgIpc) is 2.38. The van der Waals surface area contributed by atoms with Gasteiger partial charge in [-0.05, 0) is 6.42 Å². The molecule has 0 aromatic carbocycles. The van der Waals surface area contributed by atoms with Crippen LogP contribution in [0, 0.1) is 6.26 Å². The fraction of sp³-hybridized carbons (Fsp3) is 0.625. The highest BCUT2D eigenvalue weighted by molar-refractivity contribution is 5.08. The molecule has 1 rings (SSSR count). The van der Waals surface area contributed by atoms with Crippen molar-refractivity contribution in [2.45, 2.75) is 32.6 Å². The Labute approximate surface area is 61.2 Å². The summed E-state index contributed by atoms with van der Waals surface area (Å²) >= 11 is 0. The van der Waals surface area contributed by atoms with Gasteiger partial charge in [0, 0.05) is 11.5 Å². The van der Waals surface area contributed by atoms with Crippen molar-refractivity contribution in [1.82, 2.24) is 5.16 Å². The number of hydrogen-bond acceptors (Lipinski definition) is 2. The largest absolute Gasteiger partial charge is 0.353 e. The van der Waals surface area contributed by atoms with Crippen LogP contribution in [0.5, 0.6) is 0 Å². The summed E-state index contributed by atoms with van der Waals surface area (Å²) in [7, 11) is 0. The lowest BCUT2D eigenvalue weighted by Gasteiger charge is -2.17. The Kier molecular flexibility index (Phi) is 1.79. The van der Waals surface area contributed by atoms with Gasteiger partial charge in [0.15, 0.2) is 0 Å². The maximum atomic E-state index is 4.63. The molecule has 0 amide bonds. The van der Waals surface area contributed by atoms with Crippen LogP contribution in [0.4, 0.5) is 0 Å². The molecule has 0 unspecified atom stereocenters. The molecule has 0 aliphatic rings. The third kappa shape index (κ3) is 1.20. The Morgan fingerprint density at radius 1 is 1.70 bits per heavy atom. The molecule has 0 fully saturated rings. The molecule has 0 saturated heterocycles. The van der Waals surface area contributed by atoms with Crippen molar-refractivity contribution < 1.29 is 4.52 Å². The molecule has 0 bridgehead atoms. The van der Waals surface area contributed by atoms with Gasteiger partial charge in [-0.15, -0.1) is 0 Å². The highest BCUT2D eigenvalue weighted by Gasteiger charge is 2.20. The Bertz CT molecular complexity index is 189. The Morgan fingerprint density at radius 2 is 2.40 bits per heavy atom. The van der Waals surface area contributed by atoms with Gasteiger partial charge in [-0.1, -0.05) is 25.9 Å². The molecular weight excluding hydrogens is 126 g/mol. The molecule has 1 aromatic rings. The predicted molar refractivity (Wildman–Crippen MR) is 38.7 cm³/mol. The fourth-order valence-electron chi connectivity index (χ4n) is 0.684. The van der Waals surface area contributed by atoms with Gasteiger partial charge in [0.25, 0.3) is 0 Å². The highest BCUT2D eigenvalue weighted by atomic mass is 16.5. The first-order chi connectivity index (χ1) is 4.67. The van der Waals surface area contributed by atoms with Crippen LogP contribution in [0.1, 0.15) is 32.9 Å². The van der Waals surface area contributed by atoms with Crippen LogP contribution in [-0.4, -0.2) is 5.16 Å². The summed E-state index contributed by atoms with van der Waals surface area (Å²) in [5.41, 5.74) is 1.11. The zero-order chi connectivity index (χ0) is 7.61. The Hall–Kier alpha value is -0.790. The molecule has 0 saturated carbocycles. The number of hydrogen-bond donors (Lipinski definition) is 0. The van der Waals surface area contributed by atoms with Crippen LogP contribution in [0.25, 0.3) is 0 Å². The van der Waals surface area contributed by atoms with E-state index in [0.29, 0.717) is 0 Å². The molecule has 0 aliphatic heterocycles. The second-order valence-corrected chi connectivity index (χ2v) is 3.07. The molecule has 2 heteroatoms. The summed E-state index contributed by atoms with van der Waals surface area (Å²) in [6, 6.07) is 1.80. The zero-order valence-electron chi connectivity index (χ0n) is 6.64. The van der Waals surface area contributed by atoms with Gasteiger partial charge in [-0.25, -0.2) is 0 Å². The molecular formula is C8H12NO. The topological polar surface area (TPSA) is 26.0 Å². The first kappa shape index (κ1) is 7.32. The van der Waals surface area contributed by atoms with Crippen LogP contribution in [-0.2, 0) is 5.41 Å². The van der Waals surface area contributed by atoms with Gasteiger partial charge in [-0.3, -0.25) is 0 Å². The predicted octanol–water partition coefficient (Wildman–Crippen LogP) is 2.16. The standard InChI is InChI=1S/C8H12NO/c1-4-8(2,3)7-5-6-10-9-7/h5H,4H2,1-3H3. The van der Waals surface area contributed by atoms with E-state index in [1.54, 1.807) is 6.07 Å². The van der Waals surface area contributed by atoms with Gasteiger partial charge in [0.1, 0.15) is 0 Å². The minimum Gasteiger partial charge on any atom is -0.353 e. The summed E-state index contributed by atoms with van der Waals surface area (Å²) in [6.45, 7) is 6.41. The van der Waals surface area contributed by atoms with E-state index < -0.39 is 0 Å². The number of aromatic nitrogens is 1. The maximum absolute atomic E-state index is 4.63. The summed E-state index contributed by atoms with van der Waals surface area (Å²) in [5.74, 6) is 0. The second kappa shape index (κ2) is 2.45. The first-order valence-corrected chi connectivity index (χ1v) is 3.50. The molecule has 10 heavy (non-hydrogen) atoms. The molecule has 1 aromatic heterocycles. The van der Waals surface area contributed by atoms with Crippen molar-refractivity contribution in [1.29, 1.82) is 0 Å². The summed E-state index contributed by atoms with van der Waals surface area (Å²) in [4.78, 5) is 0. The van der Waals surface area contributed by atoms with Crippen LogP contribution in [0.15, 0.2) is 10.6 Å². The van der Waals surface area contributed by atoms with Gasteiger partial charge in [0.05, 0.1) is 5.69 Å². The van der Waals surface area contributed by atoms with Gasteiger partial charge in [-0.2, -0.15) is 0 Å². The van der Waals surface area contributed by atoms with E-state index >= 15 is 0 Å². The lowest BCUT2D eigenvalue weighted by molar-refractivity contribution is 0.376. The van der Waals surface area contributed by atoms with Crippen molar-refractivity contribution in [3.8, 4) is 0 Å². The number of rotatable bonds is 2. The molecule has 2 nitrogen and oxygen atoms in total. The molecule has 0 N–H and O–H groups in total. The van der Waals surface area contributed by atoms with E-state index in [4.69, 9.17) is 0 Å². The molecule has 0 aliphatic carbocycles. The van der Waals surface area contributed by atoms with E-state index in [0.717, 1.165) is 12.1 Å². The van der Waals surface area contributed by atoms with Crippen LogP contribution < -0.4 is 0 Å². The van der Waals surface area contributed by atoms with Crippen molar-refractivity contribution in [2.75, 3.05) is 0 Å². The zero-order valence-corrected chi connectivity index (χ0v) is 6.64. The normalized spacial score (nSPS) is 11.9. The molecule has 0 atom stereocenters. The third-order valence-electron chi connectivity index (χ3n) is 1.97. The molecule has 1 radical (unpaired) electrons. The number of nitrogens with zero attached hydrogens (tertiary/aromatic N) is 1. The molecule has 0 spiro atoms. The summed E-state index contributed by atoms with van der Waals surface area (Å²) in [5, 5.41) is 3.83. The Balaban J connectivity index is 2.85. The minimum atomic E-state index is 0.128. The quantitative estimate of drug-likeness (QED) is 0.626. The third-order valence-corrected chi connectivity index (χ3v) is 1.97. The van der Waals surface area contributed by atoms with Crippen LogP contribution in [0.3, 0.4) is 0 Å². The monoisotopic (exact) mass is 138 g/mol. The first-order valence-electron chi connectivity index (χ1n) is 3.50. The van der Waals surface area contributed by atoms with Gasteiger partial charge >= 0.3 is 0 Å². The minimum absolute atomic E-state index is 0.128. The smallest absolute Gasteiger partial charge is 0.205 e. The maximum Gasteiger partial charge on any atom is 0.205 e. The van der Waals surface area contributed by atoms with E-state index in [1.165, 1.54) is 0 Å². The summed E-state index contributed by atoms with van der Waals surface area (Å²) < 4.78 is 4.63. The van der Waals surface area contributed by atoms with E-state index in [2.05, 4.69) is 36.7 Å². The second-order valence-electron chi connectivity index (χ2n) is 3.07. The highest BCUT2D eigenvalue weighted by Crippen LogP contribution is 2.23. The fourth-order valence-corrected chi connectivity index (χ4v) is 0.684. The van der Waals surface area contributed by atoms with Crippen LogP contribution in [0.2, 0.25) is 0 Å². The lowest BCUT2D eigenvalue weighted by atomic mass is 9.87. The Morgan fingerprint density at radius 3 is 2.80 bits per heavy atom. The molecule has 55 valence electrons. The van der Waals surface area contributed by atoms with E-state index in [1.807, 2.05) is 0 Å². The van der Waals surface area contributed by atoms with Crippen molar-refractivity contribution >= 4 is 0 Å². The summed E-state index contributed by atoms with van der Waals surface area (Å²) in [6.07, 6.45) is 3.65. The van der Waals surface area contributed by atoms with Crippen LogP contribution >= 0.6 is 0 Å². The van der Waals surface area contributed by atoms with Gasteiger partial charge in [0.2, 0.25) is 6.26 Å². The van der Waals surface area contributed by atoms with E-state index in [-0.39, 0.29) is 5.41 Å². The molecule has 1 heterocycles. The van der Waals surface area contributed by atoms with Crippen molar-refractivity contribution in [2.24, 2.45) is 0 Å².